The van der Waals surface area contributed by atoms with Crippen molar-refractivity contribution in [2.75, 3.05) is 27.2 Å². The first-order valence-electron chi connectivity index (χ1n) is 6.19. The topological polar surface area (TPSA) is 70.7 Å². The zero-order chi connectivity index (χ0) is 14.6. The number of ketones is 1. The Morgan fingerprint density at radius 2 is 2.17 bits per heavy atom. The Hall–Kier alpha value is -0.542. The monoisotopic (exact) mass is 427 g/mol. The van der Waals surface area contributed by atoms with E-state index in [-0.39, 0.29) is 39.7 Å². The third kappa shape index (κ3) is 20.8. The fourth-order valence-electron chi connectivity index (χ4n) is 0.722. The molecular weight excluding hydrogens is 400 g/mol. The summed E-state index contributed by atoms with van der Waals surface area (Å²) >= 11 is 0. The summed E-state index contributed by atoms with van der Waals surface area (Å²) in [6.07, 6.45) is 0.313. The molecule has 106 valence electrons. The van der Waals surface area contributed by atoms with Crippen molar-refractivity contribution in [3.63, 3.8) is 0 Å². The first-order chi connectivity index (χ1) is 8.37. The summed E-state index contributed by atoms with van der Waals surface area (Å²) in [5, 5.41) is 2.82. The second kappa shape index (κ2) is 14.5. The predicted molar refractivity (Wildman–Crippen MR) is 73.4 cm³/mol. The van der Waals surface area contributed by atoms with E-state index < -0.39 is 0 Å². The van der Waals surface area contributed by atoms with Crippen molar-refractivity contribution in [1.29, 1.82) is 0 Å². The van der Waals surface area contributed by atoms with Crippen molar-refractivity contribution < 1.29 is 27.2 Å². The van der Waals surface area contributed by atoms with Gasteiger partial charge in [-0.1, -0.05) is 13.8 Å². The average Bonchev–Trinajstić information content (AvgIpc) is 2.34. The molecular formula is C12H26N4OW. The number of hydrogen-bond acceptors (Lipinski definition) is 3. The molecule has 0 fully saturated rings. The number of rotatable bonds is 5. The number of hydrogen-bond donors (Lipinski definition) is 2. The smallest absolute Gasteiger partial charge is 0.462 e. The van der Waals surface area contributed by atoms with E-state index in [0.29, 0.717) is 18.9 Å². The zero-order valence-electron chi connectivity index (χ0n) is 12.6. The van der Waals surface area contributed by atoms with Gasteiger partial charge in [-0.25, -0.2) is 0 Å². The van der Waals surface area contributed by atoms with Crippen LogP contribution in [0.15, 0.2) is 4.99 Å². The molecule has 0 radical (unpaired) electrons. The normalized spacial score (nSPS) is 12.7. The van der Waals surface area contributed by atoms with E-state index in [0.717, 1.165) is 6.54 Å². The maximum Gasteiger partial charge on any atom is 2.00 e. The van der Waals surface area contributed by atoms with Crippen LogP contribution in [0.5, 0.6) is 0 Å². The number of carbonyl (C=O) groups is 1. The largest absolute Gasteiger partial charge is 2.00 e. The minimum atomic E-state index is -0.147. The third-order valence-corrected chi connectivity index (χ3v) is 1.87. The number of nitrogens with two attached hydrogens (primary N) is 1. The molecule has 6 heteroatoms. The van der Waals surface area contributed by atoms with Gasteiger partial charge in [0.2, 0.25) is 0 Å². The van der Waals surface area contributed by atoms with Crippen LogP contribution in [0, 0.1) is 19.9 Å². The maximum absolute atomic E-state index is 10.6. The predicted octanol–water partition coefficient (Wildman–Crippen LogP) is 0.677. The van der Waals surface area contributed by atoms with Crippen LogP contribution >= 0.6 is 0 Å². The average molecular weight is 427 g/mol. The van der Waals surface area contributed by atoms with Gasteiger partial charge < -0.3 is 27.7 Å². The third-order valence-electron chi connectivity index (χ3n) is 1.87. The van der Waals surface area contributed by atoms with E-state index in [4.69, 9.17) is 7.10 Å². The summed E-state index contributed by atoms with van der Waals surface area (Å²) in [5.41, 5.74) is 5.38. The molecule has 1 atom stereocenters. The number of guanidine groups is 1. The first-order valence-corrected chi connectivity index (χ1v) is 5.49. The SMILES string of the molecule is [2H]CC(CNC(N)=NC)CC([CH2-])=O.[CH2-]N(C)CC.[W+2]. The Bertz CT molecular complexity index is 250. The molecule has 5 nitrogen and oxygen atoms in total. The van der Waals surface area contributed by atoms with Crippen LogP contribution in [0.25, 0.3) is 0 Å². The van der Waals surface area contributed by atoms with E-state index in [1.54, 1.807) is 7.05 Å². The number of nitrogens with zero attached hydrogens (tertiary/aromatic N) is 2. The second-order valence-electron chi connectivity index (χ2n) is 3.77. The van der Waals surface area contributed by atoms with Crippen LogP contribution in [-0.2, 0) is 25.9 Å². The number of carbonyl (C=O) groups excluding carboxylic acids is 1. The second-order valence-corrected chi connectivity index (χ2v) is 3.77. The van der Waals surface area contributed by atoms with Crippen LogP contribution in [0.4, 0.5) is 0 Å². The fraction of sp³-hybridized carbons (Fsp3) is 0.667. The van der Waals surface area contributed by atoms with Gasteiger partial charge in [-0.15, -0.1) is 0 Å². The fourth-order valence-corrected chi connectivity index (χ4v) is 0.722. The Kier molecular flexibility index (Phi) is 16.0. The van der Waals surface area contributed by atoms with Crippen molar-refractivity contribution in [3.8, 4) is 0 Å². The van der Waals surface area contributed by atoms with Crippen molar-refractivity contribution in [2.45, 2.75) is 20.2 Å². The van der Waals surface area contributed by atoms with Gasteiger partial charge >= 0.3 is 21.1 Å². The zero-order valence-corrected chi connectivity index (χ0v) is 14.5. The maximum atomic E-state index is 10.6. The molecule has 1 unspecified atom stereocenters. The number of Topliss-reactive ketones (excluding diaryl/α,β-unsaturated/α-hetero) is 1. The van der Waals surface area contributed by atoms with Crippen molar-refractivity contribution >= 4 is 11.7 Å². The molecule has 0 rings (SSSR count). The summed E-state index contributed by atoms with van der Waals surface area (Å²) in [4.78, 5) is 16.2. The van der Waals surface area contributed by atoms with E-state index in [9.17, 15) is 4.79 Å². The van der Waals surface area contributed by atoms with E-state index in [1.807, 2.05) is 11.9 Å². The van der Waals surface area contributed by atoms with Gasteiger partial charge in [0.05, 0.1) is 0 Å². The summed E-state index contributed by atoms with van der Waals surface area (Å²) in [6.45, 7) is 7.03. The molecule has 0 spiro atoms. The summed E-state index contributed by atoms with van der Waals surface area (Å²) in [6, 6.07) is 0. The summed E-state index contributed by atoms with van der Waals surface area (Å²) in [5.74, 6) is 0.145. The molecule has 18 heavy (non-hydrogen) atoms. The molecule has 0 aromatic rings. The molecule has 0 saturated heterocycles. The van der Waals surface area contributed by atoms with Gasteiger partial charge in [-0.3, -0.25) is 12.0 Å². The molecule has 0 aliphatic heterocycles. The van der Waals surface area contributed by atoms with Crippen LogP contribution in [-0.4, -0.2) is 43.8 Å². The summed E-state index contributed by atoms with van der Waals surface area (Å²) in [7, 11) is 7.11. The van der Waals surface area contributed by atoms with Crippen LogP contribution < -0.4 is 11.1 Å². The van der Waals surface area contributed by atoms with Gasteiger partial charge in [-0.2, -0.15) is 0 Å². The molecule has 0 aliphatic carbocycles. The molecule has 0 saturated carbocycles. The number of aliphatic imine (C=N–C) groups is 1. The molecule has 0 bridgehead atoms. The Balaban J connectivity index is -0.000000366. The molecule has 0 aromatic carbocycles. The molecule has 0 aromatic heterocycles. The van der Waals surface area contributed by atoms with Crippen LogP contribution in [0.3, 0.4) is 0 Å². The van der Waals surface area contributed by atoms with E-state index in [2.05, 4.69) is 31.2 Å². The van der Waals surface area contributed by atoms with Crippen LogP contribution in [0.2, 0.25) is 0 Å². The molecule has 3 N–H and O–H groups in total. The quantitative estimate of drug-likeness (QED) is 0.385. The van der Waals surface area contributed by atoms with Gasteiger partial charge in [0, 0.05) is 15.0 Å². The number of nitrogens with one attached hydrogen (secondary N) is 1. The van der Waals surface area contributed by atoms with E-state index in [1.165, 1.54) is 0 Å². The first kappa shape index (κ1) is 19.8. The minimum Gasteiger partial charge on any atom is -0.462 e. The Morgan fingerprint density at radius 1 is 1.67 bits per heavy atom. The Labute approximate surface area is 127 Å². The van der Waals surface area contributed by atoms with E-state index >= 15 is 0 Å². The Morgan fingerprint density at radius 3 is 2.44 bits per heavy atom. The van der Waals surface area contributed by atoms with Gasteiger partial charge in [0.15, 0.2) is 5.96 Å². The van der Waals surface area contributed by atoms with Crippen LogP contribution in [0.1, 0.15) is 21.6 Å². The van der Waals surface area contributed by atoms with Crippen molar-refractivity contribution in [1.82, 2.24) is 10.2 Å². The summed E-state index contributed by atoms with van der Waals surface area (Å²) < 4.78 is 7.15. The molecule has 0 aliphatic rings. The molecule has 0 heterocycles. The minimum absolute atomic E-state index is 0. The van der Waals surface area contributed by atoms with Gasteiger partial charge in [-0.05, 0) is 31.7 Å². The standard InChI is InChI=1S/C8H16N3O.C4H10N.W/c1-6(4-7(2)12)5-11-8(9)10-3;1-4-5(2)3;/h6H,2,4-5H2,1,3H3,(H3,9,10,11);2,4H2,1,3H3;/q2*-1;+2/i1D;;. The van der Waals surface area contributed by atoms with Crippen molar-refractivity contribution in [2.24, 2.45) is 16.6 Å². The van der Waals surface area contributed by atoms with Crippen molar-refractivity contribution in [3.05, 3.63) is 14.0 Å². The van der Waals surface area contributed by atoms with Gasteiger partial charge in [0.25, 0.3) is 0 Å². The van der Waals surface area contributed by atoms with Gasteiger partial charge in [0.1, 0.15) is 0 Å². The molecule has 0 amide bonds.